The minimum Gasteiger partial charge on any atom is -0.352 e. The highest BCUT2D eigenvalue weighted by Crippen LogP contribution is 2.34. The molecule has 0 aromatic heterocycles. The minimum atomic E-state index is -0.431. The monoisotopic (exact) mass is 411 g/mol. The van der Waals surface area contributed by atoms with Crippen molar-refractivity contribution in [3.63, 3.8) is 0 Å². The topological polar surface area (TPSA) is 78.5 Å². The van der Waals surface area contributed by atoms with E-state index in [1.54, 1.807) is 30.3 Å². The second-order valence-corrected chi connectivity index (χ2v) is 7.90. The first-order valence-corrected chi connectivity index (χ1v) is 10.1. The van der Waals surface area contributed by atoms with E-state index in [9.17, 15) is 14.4 Å². The molecule has 29 heavy (non-hydrogen) atoms. The lowest BCUT2D eigenvalue weighted by Gasteiger charge is -2.41. The second kappa shape index (κ2) is 8.25. The van der Waals surface area contributed by atoms with Crippen molar-refractivity contribution in [2.24, 2.45) is 11.8 Å². The molecule has 2 aromatic rings. The van der Waals surface area contributed by atoms with Gasteiger partial charge in [-0.3, -0.25) is 9.59 Å². The average molecular weight is 412 g/mol. The molecule has 4 rings (SSSR count). The third kappa shape index (κ3) is 3.98. The predicted octanol–water partition coefficient (Wildman–Crippen LogP) is 3.50. The van der Waals surface area contributed by atoms with E-state index in [1.165, 1.54) is 4.90 Å². The van der Waals surface area contributed by atoms with E-state index in [0.29, 0.717) is 36.5 Å². The summed E-state index contributed by atoms with van der Waals surface area (Å²) >= 11 is 6.14. The third-order valence-corrected chi connectivity index (χ3v) is 6.06. The summed E-state index contributed by atoms with van der Waals surface area (Å²) in [6.45, 7) is 0.357. The summed E-state index contributed by atoms with van der Waals surface area (Å²) in [4.78, 5) is 39.4. The first-order valence-electron chi connectivity index (χ1n) is 9.75. The van der Waals surface area contributed by atoms with Gasteiger partial charge in [0.05, 0.1) is 11.6 Å². The van der Waals surface area contributed by atoms with Crippen molar-refractivity contribution in [3.05, 3.63) is 65.2 Å². The molecule has 150 valence electrons. The minimum absolute atomic E-state index is 0.0736. The van der Waals surface area contributed by atoms with E-state index in [2.05, 4.69) is 10.6 Å². The molecule has 2 N–H and O–H groups in total. The highest BCUT2D eigenvalue weighted by atomic mass is 35.5. The number of nitrogens with one attached hydrogen (secondary N) is 2. The fourth-order valence-electron chi connectivity index (χ4n) is 4.14. The number of anilines is 1. The normalized spacial score (nSPS) is 23.9. The Morgan fingerprint density at radius 3 is 2.55 bits per heavy atom. The molecular weight excluding hydrogens is 390 g/mol. The lowest BCUT2D eigenvalue weighted by molar-refractivity contribution is -0.130. The second-order valence-electron chi connectivity index (χ2n) is 7.49. The maximum atomic E-state index is 12.9. The van der Waals surface area contributed by atoms with Crippen molar-refractivity contribution in [2.45, 2.75) is 31.8 Å². The number of nitrogens with zero attached hydrogens (tertiary/aromatic N) is 1. The van der Waals surface area contributed by atoms with Crippen LogP contribution in [-0.2, 0) is 16.1 Å². The summed E-state index contributed by atoms with van der Waals surface area (Å²) < 4.78 is 0. The van der Waals surface area contributed by atoms with E-state index < -0.39 is 6.03 Å². The predicted molar refractivity (Wildman–Crippen MR) is 110 cm³/mol. The van der Waals surface area contributed by atoms with Crippen LogP contribution < -0.4 is 15.5 Å². The molecular formula is C22H22ClN3O3. The highest BCUT2D eigenvalue weighted by Gasteiger charge is 2.45. The first kappa shape index (κ1) is 19.5. The zero-order valence-corrected chi connectivity index (χ0v) is 16.6. The molecule has 7 heteroatoms. The van der Waals surface area contributed by atoms with Gasteiger partial charge in [-0.2, -0.15) is 0 Å². The number of urea groups is 1. The SMILES string of the molecule is O=C(NCc1ccccc1Cl)C1CCC2C(=O)N(c3ccccc3)C(=O)NC2C1. The summed E-state index contributed by atoms with van der Waals surface area (Å²) in [6.07, 6.45) is 1.64. The van der Waals surface area contributed by atoms with Gasteiger partial charge in [-0.05, 0) is 43.0 Å². The van der Waals surface area contributed by atoms with Gasteiger partial charge in [0.2, 0.25) is 11.8 Å². The Balaban J connectivity index is 1.39. The van der Waals surface area contributed by atoms with Gasteiger partial charge in [-0.25, -0.2) is 9.69 Å². The van der Waals surface area contributed by atoms with E-state index >= 15 is 0 Å². The standard InChI is InChI=1S/C22H22ClN3O3/c23-18-9-5-4-6-15(18)13-24-20(27)14-10-11-17-19(12-14)25-22(29)26(21(17)28)16-7-2-1-3-8-16/h1-9,14,17,19H,10-13H2,(H,24,27)(H,25,29). The Kier molecular flexibility index (Phi) is 5.53. The lowest BCUT2D eigenvalue weighted by Crippen LogP contribution is -2.62. The van der Waals surface area contributed by atoms with Gasteiger partial charge >= 0.3 is 6.03 Å². The zero-order valence-electron chi connectivity index (χ0n) is 15.8. The van der Waals surface area contributed by atoms with Gasteiger partial charge in [0.15, 0.2) is 0 Å². The number of rotatable bonds is 4. The van der Waals surface area contributed by atoms with Gasteiger partial charge in [0.25, 0.3) is 0 Å². The van der Waals surface area contributed by atoms with Gasteiger partial charge in [-0.15, -0.1) is 0 Å². The molecule has 4 amide bonds. The zero-order chi connectivity index (χ0) is 20.4. The molecule has 1 aliphatic carbocycles. The fourth-order valence-corrected chi connectivity index (χ4v) is 4.35. The molecule has 1 saturated heterocycles. The van der Waals surface area contributed by atoms with Crippen LogP contribution >= 0.6 is 11.6 Å². The van der Waals surface area contributed by atoms with E-state index in [4.69, 9.17) is 11.6 Å². The number of carbonyl (C=O) groups excluding carboxylic acids is 3. The van der Waals surface area contributed by atoms with Crippen LogP contribution in [0.1, 0.15) is 24.8 Å². The molecule has 0 radical (unpaired) electrons. The van der Waals surface area contributed by atoms with E-state index in [1.807, 2.05) is 24.3 Å². The first-order chi connectivity index (χ1) is 14.0. The molecule has 1 saturated carbocycles. The molecule has 1 heterocycles. The number of para-hydroxylation sites is 1. The quantitative estimate of drug-likeness (QED) is 0.808. The summed E-state index contributed by atoms with van der Waals surface area (Å²) in [5.74, 6) is -0.814. The number of imide groups is 1. The van der Waals surface area contributed by atoms with Crippen LogP contribution in [0.3, 0.4) is 0 Å². The Morgan fingerprint density at radius 2 is 1.79 bits per heavy atom. The van der Waals surface area contributed by atoms with Gasteiger partial charge in [0.1, 0.15) is 0 Å². The third-order valence-electron chi connectivity index (χ3n) is 5.70. The molecule has 2 aliphatic rings. The fraction of sp³-hybridized carbons (Fsp3) is 0.318. The van der Waals surface area contributed by atoms with Crippen LogP contribution in [0, 0.1) is 11.8 Å². The van der Waals surface area contributed by atoms with Crippen molar-refractivity contribution in [2.75, 3.05) is 4.90 Å². The summed E-state index contributed by atoms with van der Waals surface area (Å²) in [6, 6.07) is 15.5. The summed E-state index contributed by atoms with van der Waals surface area (Å²) in [5.41, 5.74) is 1.42. The largest absolute Gasteiger partial charge is 0.352 e. The number of fused-ring (bicyclic) bond motifs is 1. The number of amides is 4. The van der Waals surface area contributed by atoms with E-state index in [-0.39, 0.29) is 29.7 Å². The Labute approximate surface area is 174 Å². The lowest BCUT2D eigenvalue weighted by atomic mass is 9.76. The maximum absolute atomic E-state index is 12.9. The van der Waals surface area contributed by atoms with Gasteiger partial charge in [-0.1, -0.05) is 48.0 Å². The smallest absolute Gasteiger partial charge is 0.328 e. The molecule has 0 spiro atoms. The summed E-state index contributed by atoms with van der Waals surface area (Å²) in [7, 11) is 0. The Morgan fingerprint density at radius 1 is 1.07 bits per heavy atom. The molecule has 2 fully saturated rings. The van der Waals surface area contributed by atoms with Crippen LogP contribution in [0.5, 0.6) is 0 Å². The van der Waals surface area contributed by atoms with Crippen LogP contribution in [0.25, 0.3) is 0 Å². The van der Waals surface area contributed by atoms with Crippen molar-refractivity contribution in [1.29, 1.82) is 0 Å². The highest BCUT2D eigenvalue weighted by molar-refractivity contribution is 6.31. The van der Waals surface area contributed by atoms with Crippen LogP contribution in [0.2, 0.25) is 5.02 Å². The average Bonchev–Trinajstić information content (AvgIpc) is 2.73. The molecule has 1 aliphatic heterocycles. The molecule has 3 atom stereocenters. The number of carbonyl (C=O) groups is 3. The maximum Gasteiger partial charge on any atom is 0.328 e. The van der Waals surface area contributed by atoms with Crippen LogP contribution in [0.4, 0.5) is 10.5 Å². The molecule has 6 nitrogen and oxygen atoms in total. The molecule has 2 aromatic carbocycles. The van der Waals surface area contributed by atoms with Crippen molar-refractivity contribution in [1.82, 2.24) is 10.6 Å². The number of halogens is 1. The number of hydrogen-bond donors (Lipinski definition) is 2. The number of benzene rings is 2. The van der Waals surface area contributed by atoms with Crippen molar-refractivity contribution in [3.8, 4) is 0 Å². The molecule has 0 bridgehead atoms. The summed E-state index contributed by atoms with van der Waals surface area (Å²) in [5, 5.41) is 6.47. The van der Waals surface area contributed by atoms with Crippen LogP contribution in [0.15, 0.2) is 54.6 Å². The van der Waals surface area contributed by atoms with Gasteiger partial charge < -0.3 is 10.6 Å². The Bertz CT molecular complexity index is 934. The van der Waals surface area contributed by atoms with Crippen molar-refractivity contribution < 1.29 is 14.4 Å². The molecule has 3 unspecified atom stereocenters. The Hall–Kier alpha value is -2.86. The van der Waals surface area contributed by atoms with Crippen molar-refractivity contribution >= 4 is 35.1 Å². The number of hydrogen-bond acceptors (Lipinski definition) is 3. The van der Waals surface area contributed by atoms with Gasteiger partial charge in [0, 0.05) is 23.5 Å². The van der Waals surface area contributed by atoms with Crippen LogP contribution in [-0.4, -0.2) is 23.9 Å². The van der Waals surface area contributed by atoms with E-state index in [0.717, 1.165) is 5.56 Å².